The number of carbonyl (C=O) groups excluding carboxylic acids is 1. The van der Waals surface area contributed by atoms with E-state index in [4.69, 9.17) is 0 Å². The van der Waals surface area contributed by atoms with Crippen LogP contribution in [0.1, 0.15) is 61.8 Å². The molecule has 1 N–H and O–H groups in total. The molecule has 0 aromatic carbocycles. The van der Waals surface area contributed by atoms with Crippen molar-refractivity contribution < 1.29 is 13.2 Å². The second-order valence-electron chi connectivity index (χ2n) is 7.34. The van der Waals surface area contributed by atoms with Crippen molar-refractivity contribution in [2.75, 3.05) is 13.1 Å². The molecule has 1 aromatic heterocycles. The Morgan fingerprint density at radius 3 is 2.32 bits per heavy atom. The lowest BCUT2D eigenvalue weighted by Crippen LogP contribution is -2.39. The van der Waals surface area contributed by atoms with E-state index in [9.17, 15) is 13.2 Å². The van der Waals surface area contributed by atoms with Crippen molar-refractivity contribution in [2.24, 2.45) is 13.0 Å². The number of rotatable bonds is 5. The van der Waals surface area contributed by atoms with Crippen LogP contribution in [-0.4, -0.2) is 42.9 Å². The molecule has 1 atom stereocenters. The highest BCUT2D eigenvalue weighted by Crippen LogP contribution is 2.29. The summed E-state index contributed by atoms with van der Waals surface area (Å²) in [6.45, 7) is 10.9. The quantitative estimate of drug-likeness (QED) is 0.867. The lowest BCUT2D eigenvalue weighted by Gasteiger charge is -2.30. The van der Waals surface area contributed by atoms with Gasteiger partial charge in [0.05, 0.1) is 5.56 Å². The van der Waals surface area contributed by atoms with Crippen molar-refractivity contribution >= 4 is 15.9 Å². The third kappa shape index (κ3) is 3.92. The molecule has 7 heteroatoms. The van der Waals surface area contributed by atoms with Crippen molar-refractivity contribution in [3.63, 3.8) is 0 Å². The molecule has 1 saturated heterocycles. The Balaban J connectivity index is 2.48. The summed E-state index contributed by atoms with van der Waals surface area (Å²) in [5.41, 5.74) is 1.62. The predicted molar refractivity (Wildman–Crippen MR) is 99.3 cm³/mol. The largest absolute Gasteiger partial charge is 0.350 e. The average Bonchev–Trinajstić information content (AvgIpc) is 2.79. The maximum Gasteiger partial charge on any atom is 0.257 e. The van der Waals surface area contributed by atoms with Gasteiger partial charge in [0.15, 0.2) is 0 Å². The maximum absolute atomic E-state index is 13.1. The summed E-state index contributed by atoms with van der Waals surface area (Å²) in [6.07, 6.45) is 2.62. The average molecular weight is 370 g/mol. The fourth-order valence-electron chi connectivity index (χ4n) is 3.27. The van der Waals surface area contributed by atoms with Crippen LogP contribution >= 0.6 is 0 Å². The number of amides is 1. The first-order valence-electron chi connectivity index (χ1n) is 9.07. The second-order valence-corrected chi connectivity index (χ2v) is 8.99. The first kappa shape index (κ1) is 20.0. The van der Waals surface area contributed by atoms with Gasteiger partial charge < -0.3 is 9.47 Å². The zero-order valence-electron chi connectivity index (χ0n) is 16.2. The van der Waals surface area contributed by atoms with E-state index in [1.165, 1.54) is 0 Å². The van der Waals surface area contributed by atoms with E-state index in [0.29, 0.717) is 42.4 Å². The Bertz CT molecular complexity index is 744. The Hall–Kier alpha value is -1.34. The lowest BCUT2D eigenvalue weighted by molar-refractivity contribution is 0.0692. The number of aromatic nitrogens is 1. The topological polar surface area (TPSA) is 71.4 Å². The van der Waals surface area contributed by atoms with E-state index < -0.39 is 10.0 Å². The Morgan fingerprint density at radius 1 is 1.24 bits per heavy atom. The van der Waals surface area contributed by atoms with E-state index >= 15 is 0 Å². The standard InChI is InChI=1S/C18H31N3O3S/c1-7-13(3)19-25(23,24)17-15(5)20(6)14(4)16(17)18(22)21-10-8-12(2)9-11-21/h12-13,19H,7-11H2,1-6H3/t13-/m1/s1. The van der Waals surface area contributed by atoms with Crippen LogP contribution in [-0.2, 0) is 17.1 Å². The minimum Gasteiger partial charge on any atom is -0.350 e. The third-order valence-corrected chi connectivity index (χ3v) is 7.20. The van der Waals surface area contributed by atoms with E-state index in [1.54, 1.807) is 16.4 Å². The van der Waals surface area contributed by atoms with Gasteiger partial charge in [0.2, 0.25) is 10.0 Å². The Labute approximate surface area is 151 Å². The first-order chi connectivity index (χ1) is 11.6. The zero-order chi connectivity index (χ0) is 18.9. The molecule has 25 heavy (non-hydrogen) atoms. The van der Waals surface area contributed by atoms with Gasteiger partial charge in [-0.05, 0) is 46.0 Å². The molecular weight excluding hydrogens is 338 g/mol. The SMILES string of the molecule is CC[C@@H](C)NS(=O)(=O)c1c(C(=O)N2CCC(C)CC2)c(C)n(C)c1C. The minimum atomic E-state index is -3.75. The molecule has 1 fully saturated rings. The van der Waals surface area contributed by atoms with Gasteiger partial charge in [0.1, 0.15) is 4.90 Å². The second kappa shape index (κ2) is 7.50. The summed E-state index contributed by atoms with van der Waals surface area (Å²) >= 11 is 0. The van der Waals surface area contributed by atoms with Crippen molar-refractivity contribution in [1.29, 1.82) is 0 Å². The number of hydrogen-bond acceptors (Lipinski definition) is 3. The molecule has 1 aliphatic heterocycles. The number of carbonyl (C=O) groups is 1. The lowest BCUT2D eigenvalue weighted by atomic mass is 9.98. The van der Waals surface area contributed by atoms with Crippen molar-refractivity contribution in [1.82, 2.24) is 14.2 Å². The highest BCUT2D eigenvalue weighted by Gasteiger charge is 2.34. The normalized spacial score (nSPS) is 17.8. The molecule has 1 aliphatic rings. The first-order valence-corrected chi connectivity index (χ1v) is 10.6. The van der Waals surface area contributed by atoms with Gasteiger partial charge in [-0.15, -0.1) is 0 Å². The summed E-state index contributed by atoms with van der Waals surface area (Å²) in [4.78, 5) is 15.1. The van der Waals surface area contributed by atoms with E-state index in [-0.39, 0.29) is 16.8 Å². The number of nitrogens with one attached hydrogen (secondary N) is 1. The van der Waals surface area contributed by atoms with Crippen LogP contribution < -0.4 is 4.72 Å². The molecule has 2 rings (SSSR count). The van der Waals surface area contributed by atoms with Crippen LogP contribution in [0.4, 0.5) is 0 Å². The molecule has 2 heterocycles. The monoisotopic (exact) mass is 369 g/mol. The highest BCUT2D eigenvalue weighted by molar-refractivity contribution is 7.89. The maximum atomic E-state index is 13.1. The fourth-order valence-corrected chi connectivity index (χ4v) is 5.12. The molecular formula is C18H31N3O3S. The van der Waals surface area contributed by atoms with Crippen LogP contribution in [0.2, 0.25) is 0 Å². The smallest absolute Gasteiger partial charge is 0.257 e. The summed E-state index contributed by atoms with van der Waals surface area (Å²) in [5.74, 6) is 0.440. The van der Waals surface area contributed by atoms with Gasteiger partial charge in [0, 0.05) is 37.6 Å². The van der Waals surface area contributed by atoms with Crippen molar-refractivity contribution in [2.45, 2.75) is 64.8 Å². The zero-order valence-corrected chi connectivity index (χ0v) is 17.0. The Kier molecular flexibility index (Phi) is 5.99. The van der Waals surface area contributed by atoms with Crippen molar-refractivity contribution in [3.05, 3.63) is 17.0 Å². The fraction of sp³-hybridized carbons (Fsp3) is 0.722. The highest BCUT2D eigenvalue weighted by atomic mass is 32.2. The number of piperidine rings is 1. The number of likely N-dealkylation sites (tertiary alicyclic amines) is 1. The number of sulfonamides is 1. The molecule has 6 nitrogen and oxygen atoms in total. The summed E-state index contributed by atoms with van der Waals surface area (Å²) < 4.78 is 30.4. The van der Waals surface area contributed by atoms with Gasteiger partial charge in [-0.1, -0.05) is 13.8 Å². The van der Waals surface area contributed by atoms with Crippen LogP contribution in [0, 0.1) is 19.8 Å². The molecule has 0 bridgehead atoms. The predicted octanol–water partition coefficient (Wildman–Crippen LogP) is 2.59. The Morgan fingerprint density at radius 2 is 1.80 bits per heavy atom. The molecule has 1 aromatic rings. The van der Waals surface area contributed by atoms with Gasteiger partial charge in [-0.25, -0.2) is 13.1 Å². The summed E-state index contributed by atoms with van der Waals surface area (Å²) in [5, 5.41) is 0. The molecule has 0 spiro atoms. The van der Waals surface area contributed by atoms with E-state index in [0.717, 1.165) is 12.8 Å². The summed E-state index contributed by atoms with van der Waals surface area (Å²) in [7, 11) is -1.94. The molecule has 0 aliphatic carbocycles. The van der Waals surface area contributed by atoms with Gasteiger partial charge in [0.25, 0.3) is 5.91 Å². The van der Waals surface area contributed by atoms with Crippen LogP contribution in [0.5, 0.6) is 0 Å². The van der Waals surface area contributed by atoms with E-state index in [1.807, 2.05) is 27.8 Å². The van der Waals surface area contributed by atoms with Gasteiger partial charge in [-0.2, -0.15) is 0 Å². The van der Waals surface area contributed by atoms with Crippen molar-refractivity contribution in [3.8, 4) is 0 Å². The number of hydrogen-bond donors (Lipinski definition) is 1. The van der Waals surface area contributed by atoms with Gasteiger partial charge in [-0.3, -0.25) is 4.79 Å². The van der Waals surface area contributed by atoms with Gasteiger partial charge >= 0.3 is 0 Å². The molecule has 142 valence electrons. The van der Waals surface area contributed by atoms with E-state index in [2.05, 4.69) is 11.6 Å². The number of nitrogens with zero attached hydrogens (tertiary/aromatic N) is 2. The van der Waals surface area contributed by atoms with Crippen LogP contribution in [0.25, 0.3) is 0 Å². The molecule has 0 radical (unpaired) electrons. The molecule has 0 unspecified atom stereocenters. The molecule has 0 saturated carbocycles. The van der Waals surface area contributed by atoms with Crippen LogP contribution in [0.3, 0.4) is 0 Å². The third-order valence-electron chi connectivity index (χ3n) is 5.45. The van der Waals surface area contributed by atoms with Crippen LogP contribution in [0.15, 0.2) is 4.90 Å². The summed E-state index contributed by atoms with van der Waals surface area (Å²) in [6, 6.07) is -0.177. The minimum absolute atomic E-state index is 0.136. The molecule has 1 amide bonds.